The predicted molar refractivity (Wildman–Crippen MR) is 92.5 cm³/mol. The van der Waals surface area contributed by atoms with E-state index in [2.05, 4.69) is 75.3 Å². The molecule has 0 bridgehead atoms. The van der Waals surface area contributed by atoms with Gasteiger partial charge >= 0.3 is 0 Å². The molecule has 0 aliphatic heterocycles. The van der Waals surface area contributed by atoms with E-state index >= 15 is 0 Å². The van der Waals surface area contributed by atoms with Crippen molar-refractivity contribution in [3.8, 4) is 0 Å². The van der Waals surface area contributed by atoms with E-state index in [9.17, 15) is 0 Å². The van der Waals surface area contributed by atoms with Crippen molar-refractivity contribution in [3.05, 3.63) is 58.2 Å². The summed E-state index contributed by atoms with van der Waals surface area (Å²) in [6.45, 7) is 7.89. The fourth-order valence-corrected chi connectivity index (χ4v) is 2.67. The number of rotatable bonds is 7. The molecule has 0 saturated heterocycles. The van der Waals surface area contributed by atoms with E-state index in [4.69, 9.17) is 0 Å². The minimum Gasteiger partial charge on any atom is -0.352 e. The summed E-state index contributed by atoms with van der Waals surface area (Å²) in [5, 5.41) is 3.39. The zero-order chi connectivity index (χ0) is 15.1. The molecule has 0 fully saturated rings. The summed E-state index contributed by atoms with van der Waals surface area (Å²) in [4.78, 5) is 6.95. The number of benzene rings is 1. The normalized spacial score (nSPS) is 10.6. The molecule has 0 unspecified atom stereocenters. The molecule has 1 aromatic heterocycles. The van der Waals surface area contributed by atoms with Crippen molar-refractivity contribution in [3.63, 3.8) is 0 Å². The molecular formula is C17H22BrN3. The van der Waals surface area contributed by atoms with Gasteiger partial charge in [-0.15, -0.1) is 0 Å². The lowest BCUT2D eigenvalue weighted by atomic mass is 10.2. The Morgan fingerprint density at radius 2 is 1.95 bits per heavy atom. The second-order valence-corrected chi connectivity index (χ2v) is 5.83. The molecule has 2 rings (SSSR count). The van der Waals surface area contributed by atoms with E-state index in [0.29, 0.717) is 0 Å². The second-order valence-electron chi connectivity index (χ2n) is 4.92. The summed E-state index contributed by atoms with van der Waals surface area (Å²) < 4.78 is 1.02. The van der Waals surface area contributed by atoms with Crippen LogP contribution in [-0.4, -0.2) is 18.1 Å². The Balaban J connectivity index is 2.24. The van der Waals surface area contributed by atoms with Crippen molar-refractivity contribution in [2.45, 2.75) is 26.9 Å². The maximum atomic E-state index is 4.64. The minimum absolute atomic E-state index is 0.837. The van der Waals surface area contributed by atoms with Crippen LogP contribution in [0.25, 0.3) is 0 Å². The first-order valence-electron chi connectivity index (χ1n) is 7.38. The Labute approximate surface area is 135 Å². The lowest BCUT2D eigenvalue weighted by molar-refractivity contribution is 0.713. The molecule has 0 aliphatic carbocycles. The molecule has 0 radical (unpaired) electrons. The number of nitrogens with zero attached hydrogens (tertiary/aromatic N) is 2. The first-order valence-corrected chi connectivity index (χ1v) is 8.17. The smallest absolute Gasteiger partial charge is 0.133 e. The van der Waals surface area contributed by atoms with E-state index in [1.807, 2.05) is 12.3 Å². The van der Waals surface area contributed by atoms with E-state index in [1.54, 1.807) is 0 Å². The average molecular weight is 348 g/mol. The van der Waals surface area contributed by atoms with Crippen LogP contribution in [0.4, 0.5) is 5.82 Å². The first kappa shape index (κ1) is 16.0. The van der Waals surface area contributed by atoms with Crippen molar-refractivity contribution < 1.29 is 0 Å². The molecule has 0 aliphatic rings. The zero-order valence-corrected chi connectivity index (χ0v) is 14.2. The Hall–Kier alpha value is -1.39. The highest BCUT2D eigenvalue weighted by atomic mass is 79.9. The third-order valence-electron chi connectivity index (χ3n) is 3.37. The predicted octanol–water partition coefficient (Wildman–Crippen LogP) is 3.98. The lowest BCUT2D eigenvalue weighted by Gasteiger charge is -2.25. The summed E-state index contributed by atoms with van der Waals surface area (Å²) in [7, 11) is 0. The van der Waals surface area contributed by atoms with Gasteiger partial charge in [0.05, 0.1) is 0 Å². The highest BCUT2D eigenvalue weighted by molar-refractivity contribution is 9.10. The standard InChI is InChI=1S/C17H22BrN3/c1-3-19-11-15-10-16(18)12-20-17(15)21(4-2)13-14-8-6-5-7-9-14/h5-10,12,19H,3-4,11,13H2,1-2H3. The Morgan fingerprint density at radius 3 is 2.62 bits per heavy atom. The van der Waals surface area contributed by atoms with Crippen LogP contribution in [0.3, 0.4) is 0 Å². The number of hydrogen-bond donors (Lipinski definition) is 1. The quantitative estimate of drug-likeness (QED) is 0.820. The van der Waals surface area contributed by atoms with Gasteiger partial charge in [0, 0.05) is 35.9 Å². The molecule has 3 nitrogen and oxygen atoms in total. The van der Waals surface area contributed by atoms with Gasteiger partial charge in [0.2, 0.25) is 0 Å². The van der Waals surface area contributed by atoms with Gasteiger partial charge in [0.25, 0.3) is 0 Å². The Bertz CT molecular complexity index is 557. The third-order valence-corrected chi connectivity index (χ3v) is 3.81. The molecule has 0 atom stereocenters. The molecule has 112 valence electrons. The minimum atomic E-state index is 0.837. The largest absolute Gasteiger partial charge is 0.352 e. The number of halogens is 1. The maximum absolute atomic E-state index is 4.64. The average Bonchev–Trinajstić information content (AvgIpc) is 2.52. The van der Waals surface area contributed by atoms with Gasteiger partial charge < -0.3 is 10.2 Å². The Morgan fingerprint density at radius 1 is 1.19 bits per heavy atom. The molecule has 21 heavy (non-hydrogen) atoms. The van der Waals surface area contributed by atoms with Crippen LogP contribution in [0.2, 0.25) is 0 Å². The SMILES string of the molecule is CCNCc1cc(Br)cnc1N(CC)Cc1ccccc1. The third kappa shape index (κ3) is 4.55. The van der Waals surface area contributed by atoms with Crippen LogP contribution >= 0.6 is 15.9 Å². The number of hydrogen-bond acceptors (Lipinski definition) is 3. The molecule has 1 N–H and O–H groups in total. The van der Waals surface area contributed by atoms with Gasteiger partial charge in [-0.25, -0.2) is 4.98 Å². The van der Waals surface area contributed by atoms with E-state index in [1.165, 1.54) is 11.1 Å². The van der Waals surface area contributed by atoms with Crippen molar-refractivity contribution >= 4 is 21.7 Å². The molecule has 0 saturated carbocycles. The van der Waals surface area contributed by atoms with Crippen LogP contribution in [0.5, 0.6) is 0 Å². The first-order chi connectivity index (χ1) is 10.2. The van der Waals surface area contributed by atoms with Gasteiger partial charge in [-0.3, -0.25) is 0 Å². The summed E-state index contributed by atoms with van der Waals surface area (Å²) in [5.74, 6) is 1.06. The summed E-state index contributed by atoms with van der Waals surface area (Å²) in [6, 6.07) is 12.7. The number of nitrogens with one attached hydrogen (secondary N) is 1. The van der Waals surface area contributed by atoms with Crippen LogP contribution in [0.15, 0.2) is 47.1 Å². The highest BCUT2D eigenvalue weighted by Gasteiger charge is 2.12. The summed E-state index contributed by atoms with van der Waals surface area (Å²) >= 11 is 3.52. The van der Waals surface area contributed by atoms with Crippen LogP contribution < -0.4 is 10.2 Å². The molecular weight excluding hydrogens is 326 g/mol. The molecule has 0 amide bonds. The van der Waals surface area contributed by atoms with Crippen molar-refractivity contribution in [1.29, 1.82) is 0 Å². The van der Waals surface area contributed by atoms with E-state index in [0.717, 1.165) is 36.5 Å². The van der Waals surface area contributed by atoms with E-state index < -0.39 is 0 Å². The number of anilines is 1. The van der Waals surface area contributed by atoms with Crippen LogP contribution in [0, 0.1) is 0 Å². The van der Waals surface area contributed by atoms with Gasteiger partial charge in [-0.2, -0.15) is 0 Å². The van der Waals surface area contributed by atoms with Gasteiger partial charge in [0.15, 0.2) is 0 Å². The highest BCUT2D eigenvalue weighted by Crippen LogP contribution is 2.23. The van der Waals surface area contributed by atoms with Gasteiger partial charge in [-0.05, 0) is 41.0 Å². The van der Waals surface area contributed by atoms with Crippen LogP contribution in [0.1, 0.15) is 25.0 Å². The molecule has 0 spiro atoms. The lowest BCUT2D eigenvalue weighted by Crippen LogP contribution is -2.25. The van der Waals surface area contributed by atoms with Gasteiger partial charge in [-0.1, -0.05) is 37.3 Å². The van der Waals surface area contributed by atoms with E-state index in [-0.39, 0.29) is 0 Å². The van der Waals surface area contributed by atoms with Crippen molar-refractivity contribution in [1.82, 2.24) is 10.3 Å². The molecule has 4 heteroatoms. The maximum Gasteiger partial charge on any atom is 0.133 e. The van der Waals surface area contributed by atoms with Crippen molar-refractivity contribution in [2.24, 2.45) is 0 Å². The second kappa shape index (κ2) is 8.15. The fraction of sp³-hybridized carbons (Fsp3) is 0.353. The van der Waals surface area contributed by atoms with Gasteiger partial charge in [0.1, 0.15) is 5.82 Å². The van der Waals surface area contributed by atoms with Crippen molar-refractivity contribution in [2.75, 3.05) is 18.0 Å². The monoisotopic (exact) mass is 347 g/mol. The number of pyridine rings is 1. The fourth-order valence-electron chi connectivity index (χ4n) is 2.29. The molecule has 1 aromatic carbocycles. The summed E-state index contributed by atoms with van der Waals surface area (Å²) in [6.07, 6.45) is 1.87. The van der Waals surface area contributed by atoms with Crippen LogP contribution in [-0.2, 0) is 13.1 Å². The zero-order valence-electron chi connectivity index (χ0n) is 12.6. The number of aromatic nitrogens is 1. The topological polar surface area (TPSA) is 28.2 Å². The molecule has 1 heterocycles. The summed E-state index contributed by atoms with van der Waals surface area (Å²) in [5.41, 5.74) is 2.53. The molecule has 2 aromatic rings. The Kier molecular flexibility index (Phi) is 6.21.